The second kappa shape index (κ2) is 5.92. The molecule has 2 atom stereocenters. The Morgan fingerprint density at radius 2 is 2.14 bits per heavy atom. The largest absolute Gasteiger partial charge is 0.490 e. The van der Waals surface area contributed by atoms with Crippen molar-refractivity contribution in [3.8, 4) is 5.75 Å². The topological polar surface area (TPSA) is 48.1 Å². The molecule has 1 saturated carbocycles. The van der Waals surface area contributed by atoms with Crippen LogP contribution in [0.3, 0.4) is 0 Å². The summed E-state index contributed by atoms with van der Waals surface area (Å²) in [6, 6.07) is 7.88. The second-order valence-electron chi connectivity index (χ2n) is 6.22. The van der Waals surface area contributed by atoms with E-state index in [4.69, 9.17) is 10.5 Å². The molecule has 21 heavy (non-hydrogen) atoms. The lowest BCUT2D eigenvalue weighted by Gasteiger charge is -2.29. The fourth-order valence-electron chi connectivity index (χ4n) is 3.33. The Bertz CT molecular complexity index is 638. The normalized spacial score (nSPS) is 22.4. The van der Waals surface area contributed by atoms with Crippen LogP contribution in [0, 0.1) is 12.8 Å². The number of aryl methyl sites for hydroxylation is 1. The second-order valence-corrected chi connectivity index (χ2v) is 6.22. The molecule has 1 aromatic heterocycles. The predicted octanol–water partition coefficient (Wildman–Crippen LogP) is 4.47. The van der Waals surface area contributed by atoms with E-state index in [1.807, 2.05) is 31.2 Å². The number of nitrogen functional groups attached to an aromatic ring is 1. The summed E-state index contributed by atoms with van der Waals surface area (Å²) in [4.78, 5) is 4.57. The van der Waals surface area contributed by atoms with Gasteiger partial charge in [0.2, 0.25) is 0 Å². The molecule has 0 aliphatic heterocycles. The number of ether oxygens (including phenoxy) is 1. The standard InChI is InChI=1S/C18H24N2O/c1-3-13-5-4-6-15(10-13)21-18-9-12(2)20-17-8-7-14(19)11-16(17)18/h7-9,11,13,15H,3-6,10,19H2,1-2H3. The zero-order chi connectivity index (χ0) is 14.8. The Hall–Kier alpha value is -1.77. The predicted molar refractivity (Wildman–Crippen MR) is 87.6 cm³/mol. The molecule has 2 aromatic rings. The molecule has 1 aliphatic carbocycles. The molecule has 3 nitrogen and oxygen atoms in total. The summed E-state index contributed by atoms with van der Waals surface area (Å²) in [6.45, 7) is 4.29. The van der Waals surface area contributed by atoms with Gasteiger partial charge in [0.25, 0.3) is 0 Å². The summed E-state index contributed by atoms with van der Waals surface area (Å²) in [5.74, 6) is 1.74. The molecule has 0 saturated heterocycles. The van der Waals surface area contributed by atoms with Gasteiger partial charge < -0.3 is 10.5 Å². The van der Waals surface area contributed by atoms with Crippen LogP contribution in [-0.2, 0) is 0 Å². The van der Waals surface area contributed by atoms with Gasteiger partial charge in [0, 0.05) is 22.8 Å². The fourth-order valence-corrected chi connectivity index (χ4v) is 3.33. The third kappa shape index (κ3) is 3.12. The molecule has 1 fully saturated rings. The summed E-state index contributed by atoms with van der Waals surface area (Å²) in [5.41, 5.74) is 8.63. The lowest BCUT2D eigenvalue weighted by Crippen LogP contribution is -2.25. The van der Waals surface area contributed by atoms with Crippen LogP contribution in [0.4, 0.5) is 5.69 Å². The molecular weight excluding hydrogens is 260 g/mol. The maximum atomic E-state index is 6.34. The van der Waals surface area contributed by atoms with Gasteiger partial charge in [-0.25, -0.2) is 0 Å². The van der Waals surface area contributed by atoms with Crippen molar-refractivity contribution in [3.63, 3.8) is 0 Å². The highest BCUT2D eigenvalue weighted by Gasteiger charge is 2.22. The van der Waals surface area contributed by atoms with E-state index in [1.54, 1.807) is 0 Å². The Balaban J connectivity index is 1.90. The number of aromatic nitrogens is 1. The summed E-state index contributed by atoms with van der Waals surface area (Å²) in [6.07, 6.45) is 6.52. The Morgan fingerprint density at radius 3 is 2.95 bits per heavy atom. The maximum absolute atomic E-state index is 6.34. The highest BCUT2D eigenvalue weighted by molar-refractivity contribution is 5.87. The van der Waals surface area contributed by atoms with Gasteiger partial charge in [-0.2, -0.15) is 0 Å². The van der Waals surface area contributed by atoms with Gasteiger partial charge in [0.1, 0.15) is 5.75 Å². The molecule has 1 aromatic carbocycles. The van der Waals surface area contributed by atoms with Crippen LogP contribution in [-0.4, -0.2) is 11.1 Å². The molecule has 0 radical (unpaired) electrons. The van der Waals surface area contributed by atoms with E-state index in [2.05, 4.69) is 11.9 Å². The summed E-state index contributed by atoms with van der Waals surface area (Å²) >= 11 is 0. The van der Waals surface area contributed by atoms with Crippen LogP contribution < -0.4 is 10.5 Å². The van der Waals surface area contributed by atoms with Crippen molar-refractivity contribution in [1.29, 1.82) is 0 Å². The highest BCUT2D eigenvalue weighted by atomic mass is 16.5. The summed E-state index contributed by atoms with van der Waals surface area (Å²) < 4.78 is 6.34. The van der Waals surface area contributed by atoms with E-state index in [1.165, 1.54) is 25.7 Å². The highest BCUT2D eigenvalue weighted by Crippen LogP contribution is 2.33. The molecule has 3 heteroatoms. The van der Waals surface area contributed by atoms with Crippen molar-refractivity contribution in [2.24, 2.45) is 5.92 Å². The van der Waals surface area contributed by atoms with Crippen LogP contribution in [0.25, 0.3) is 10.9 Å². The zero-order valence-electron chi connectivity index (χ0n) is 12.9. The molecule has 1 heterocycles. The quantitative estimate of drug-likeness (QED) is 0.846. The van der Waals surface area contributed by atoms with Gasteiger partial charge in [-0.15, -0.1) is 0 Å². The molecule has 0 amide bonds. The number of pyridine rings is 1. The molecule has 2 N–H and O–H groups in total. The van der Waals surface area contributed by atoms with Crippen LogP contribution in [0.5, 0.6) is 5.75 Å². The van der Waals surface area contributed by atoms with Gasteiger partial charge in [-0.3, -0.25) is 4.98 Å². The fraction of sp³-hybridized carbons (Fsp3) is 0.500. The van der Waals surface area contributed by atoms with Crippen molar-refractivity contribution < 1.29 is 4.74 Å². The average Bonchev–Trinajstić information content (AvgIpc) is 2.48. The van der Waals surface area contributed by atoms with Crippen molar-refractivity contribution in [1.82, 2.24) is 4.98 Å². The molecule has 2 unspecified atom stereocenters. The third-order valence-electron chi connectivity index (χ3n) is 4.53. The first-order valence-electron chi connectivity index (χ1n) is 7.99. The minimum absolute atomic E-state index is 0.329. The number of nitrogens with two attached hydrogens (primary N) is 1. The molecule has 3 rings (SSSR count). The Labute approximate surface area is 126 Å². The smallest absolute Gasteiger partial charge is 0.130 e. The molecule has 0 bridgehead atoms. The first-order valence-corrected chi connectivity index (χ1v) is 7.99. The summed E-state index contributed by atoms with van der Waals surface area (Å²) in [5, 5.41) is 1.03. The van der Waals surface area contributed by atoms with Crippen LogP contribution in [0.2, 0.25) is 0 Å². The molecule has 112 valence electrons. The molecular formula is C18H24N2O. The lowest BCUT2D eigenvalue weighted by atomic mass is 9.85. The number of hydrogen-bond acceptors (Lipinski definition) is 3. The van der Waals surface area contributed by atoms with Crippen LogP contribution >= 0.6 is 0 Å². The number of hydrogen-bond donors (Lipinski definition) is 1. The van der Waals surface area contributed by atoms with E-state index in [0.717, 1.165) is 40.4 Å². The molecule has 1 aliphatic rings. The van der Waals surface area contributed by atoms with Crippen molar-refractivity contribution in [3.05, 3.63) is 30.0 Å². The van der Waals surface area contributed by atoms with Gasteiger partial charge in [-0.1, -0.05) is 19.8 Å². The first-order chi connectivity index (χ1) is 10.2. The first kappa shape index (κ1) is 14.2. The molecule has 0 spiro atoms. The number of anilines is 1. The van der Waals surface area contributed by atoms with Gasteiger partial charge in [-0.05, 0) is 50.3 Å². The minimum Gasteiger partial charge on any atom is -0.490 e. The number of benzene rings is 1. The number of rotatable bonds is 3. The minimum atomic E-state index is 0.329. The summed E-state index contributed by atoms with van der Waals surface area (Å²) in [7, 11) is 0. The monoisotopic (exact) mass is 284 g/mol. The van der Waals surface area contributed by atoms with Crippen molar-refractivity contribution in [2.45, 2.75) is 52.1 Å². The third-order valence-corrected chi connectivity index (χ3v) is 4.53. The lowest BCUT2D eigenvalue weighted by molar-refractivity contribution is 0.123. The van der Waals surface area contributed by atoms with E-state index >= 15 is 0 Å². The van der Waals surface area contributed by atoms with Gasteiger partial charge in [0.05, 0.1) is 11.6 Å². The SMILES string of the molecule is CCC1CCCC(Oc2cc(C)nc3ccc(N)cc23)C1. The van der Waals surface area contributed by atoms with Crippen molar-refractivity contribution >= 4 is 16.6 Å². The van der Waals surface area contributed by atoms with Crippen LogP contribution in [0.15, 0.2) is 24.3 Å². The van der Waals surface area contributed by atoms with Crippen LogP contribution in [0.1, 0.15) is 44.7 Å². The van der Waals surface area contributed by atoms with Gasteiger partial charge in [0.15, 0.2) is 0 Å². The van der Waals surface area contributed by atoms with E-state index in [-0.39, 0.29) is 0 Å². The zero-order valence-corrected chi connectivity index (χ0v) is 12.9. The number of nitrogens with zero attached hydrogens (tertiary/aromatic N) is 1. The van der Waals surface area contributed by atoms with Crippen molar-refractivity contribution in [2.75, 3.05) is 5.73 Å². The number of fused-ring (bicyclic) bond motifs is 1. The average molecular weight is 284 g/mol. The Kier molecular flexibility index (Phi) is 4.00. The van der Waals surface area contributed by atoms with E-state index < -0.39 is 0 Å². The van der Waals surface area contributed by atoms with E-state index in [9.17, 15) is 0 Å². The Morgan fingerprint density at radius 1 is 1.29 bits per heavy atom. The van der Waals surface area contributed by atoms with E-state index in [0.29, 0.717) is 6.10 Å². The maximum Gasteiger partial charge on any atom is 0.130 e. The van der Waals surface area contributed by atoms with Gasteiger partial charge >= 0.3 is 0 Å².